The molecule has 0 amide bonds. The second-order valence-corrected chi connectivity index (χ2v) is 6.57. The molecular weight excluding hydrogens is 250 g/mol. The van der Waals surface area contributed by atoms with Gasteiger partial charge in [-0.2, -0.15) is 0 Å². The van der Waals surface area contributed by atoms with Gasteiger partial charge in [0.1, 0.15) is 11.6 Å². The van der Waals surface area contributed by atoms with Gasteiger partial charge in [-0.25, -0.2) is 15.8 Å². The van der Waals surface area contributed by atoms with Gasteiger partial charge in [-0.1, -0.05) is 0 Å². The fraction of sp³-hybridized carbons (Fsp3) is 0.733. The summed E-state index contributed by atoms with van der Waals surface area (Å²) >= 11 is 0. The Kier molecular flexibility index (Phi) is 2.93. The highest BCUT2D eigenvalue weighted by atomic mass is 15.3. The second-order valence-electron chi connectivity index (χ2n) is 6.57. The molecule has 2 bridgehead atoms. The van der Waals surface area contributed by atoms with E-state index < -0.39 is 0 Å². The van der Waals surface area contributed by atoms with E-state index in [-0.39, 0.29) is 0 Å². The van der Waals surface area contributed by atoms with Crippen LogP contribution < -0.4 is 11.3 Å². The number of nitrogens with zero attached hydrogens (tertiary/aromatic N) is 3. The van der Waals surface area contributed by atoms with Gasteiger partial charge in [0.15, 0.2) is 0 Å². The van der Waals surface area contributed by atoms with Gasteiger partial charge in [-0.3, -0.25) is 0 Å². The van der Waals surface area contributed by atoms with Crippen LogP contribution in [-0.4, -0.2) is 34.0 Å². The van der Waals surface area contributed by atoms with Gasteiger partial charge in [0.05, 0.1) is 0 Å². The number of aromatic nitrogens is 2. The maximum atomic E-state index is 5.66. The molecular formula is C15H23N5. The van der Waals surface area contributed by atoms with E-state index in [1.807, 2.05) is 0 Å². The number of fused-ring (bicyclic) bond motifs is 3. The monoisotopic (exact) mass is 273 g/mol. The number of hydrogen-bond donors (Lipinski definition) is 2. The van der Waals surface area contributed by atoms with E-state index in [0.29, 0.717) is 5.92 Å². The van der Waals surface area contributed by atoms with Crippen molar-refractivity contribution in [2.45, 2.75) is 62.9 Å². The Morgan fingerprint density at radius 2 is 1.90 bits per heavy atom. The van der Waals surface area contributed by atoms with Crippen molar-refractivity contribution in [2.75, 3.05) is 12.5 Å². The van der Waals surface area contributed by atoms with E-state index in [1.54, 1.807) is 0 Å². The zero-order chi connectivity index (χ0) is 13.7. The normalized spacial score (nSPS) is 32.4. The maximum Gasteiger partial charge on any atom is 0.147 e. The molecule has 5 heteroatoms. The third kappa shape index (κ3) is 1.84. The van der Waals surface area contributed by atoms with Crippen molar-refractivity contribution in [1.82, 2.24) is 14.9 Å². The van der Waals surface area contributed by atoms with Gasteiger partial charge in [0, 0.05) is 29.3 Å². The first-order chi connectivity index (χ1) is 9.76. The summed E-state index contributed by atoms with van der Waals surface area (Å²) in [5.41, 5.74) is 5.27. The molecule has 4 rings (SSSR count). The molecule has 5 nitrogen and oxygen atoms in total. The van der Waals surface area contributed by atoms with Crippen molar-refractivity contribution in [1.29, 1.82) is 0 Å². The first-order valence-corrected chi connectivity index (χ1v) is 7.84. The molecule has 0 radical (unpaired) electrons. The number of piperidine rings is 1. The van der Waals surface area contributed by atoms with Crippen LogP contribution in [0.4, 0.5) is 5.82 Å². The van der Waals surface area contributed by atoms with E-state index >= 15 is 0 Å². The van der Waals surface area contributed by atoms with Crippen LogP contribution in [0, 0.1) is 0 Å². The van der Waals surface area contributed by atoms with Crippen LogP contribution in [0.1, 0.15) is 55.1 Å². The van der Waals surface area contributed by atoms with Crippen molar-refractivity contribution in [3.63, 3.8) is 0 Å². The lowest BCUT2D eigenvalue weighted by Gasteiger charge is -2.35. The Balaban J connectivity index is 1.66. The molecule has 2 saturated heterocycles. The van der Waals surface area contributed by atoms with Crippen LogP contribution >= 0.6 is 0 Å². The number of anilines is 1. The quantitative estimate of drug-likeness (QED) is 0.633. The predicted octanol–water partition coefficient (Wildman–Crippen LogP) is 1.59. The fourth-order valence-electron chi connectivity index (χ4n) is 4.38. The van der Waals surface area contributed by atoms with Gasteiger partial charge in [0.2, 0.25) is 0 Å². The Bertz CT molecular complexity index is 515. The summed E-state index contributed by atoms with van der Waals surface area (Å²) in [6.45, 7) is 0. The predicted molar refractivity (Wildman–Crippen MR) is 78.4 cm³/mol. The largest absolute Gasteiger partial charge is 0.308 e. The average Bonchev–Trinajstić information content (AvgIpc) is 2.99. The molecule has 3 aliphatic rings. The molecule has 2 atom stereocenters. The SMILES string of the molecule is CN1C2CCC1CC(c1nc3c(c(NN)n1)CCC3)C2. The van der Waals surface area contributed by atoms with Crippen molar-refractivity contribution in [3.05, 3.63) is 17.1 Å². The molecule has 1 aromatic rings. The summed E-state index contributed by atoms with van der Waals surface area (Å²) in [5.74, 6) is 8.08. The van der Waals surface area contributed by atoms with Gasteiger partial charge in [-0.15, -0.1) is 0 Å². The minimum Gasteiger partial charge on any atom is -0.308 e. The molecule has 2 aliphatic heterocycles. The summed E-state index contributed by atoms with van der Waals surface area (Å²) in [6.07, 6.45) is 8.41. The molecule has 2 unspecified atom stereocenters. The van der Waals surface area contributed by atoms with E-state index in [0.717, 1.165) is 36.6 Å². The molecule has 3 heterocycles. The highest BCUT2D eigenvalue weighted by Crippen LogP contribution is 2.42. The van der Waals surface area contributed by atoms with Gasteiger partial charge >= 0.3 is 0 Å². The fourth-order valence-corrected chi connectivity index (χ4v) is 4.38. The third-order valence-corrected chi connectivity index (χ3v) is 5.55. The molecule has 108 valence electrons. The topological polar surface area (TPSA) is 67.1 Å². The van der Waals surface area contributed by atoms with E-state index in [1.165, 1.54) is 43.4 Å². The lowest BCUT2D eigenvalue weighted by molar-refractivity contribution is 0.159. The number of aryl methyl sites for hydroxylation is 1. The molecule has 1 aromatic heterocycles. The number of nitrogen functional groups attached to an aromatic ring is 1. The van der Waals surface area contributed by atoms with E-state index in [4.69, 9.17) is 15.8 Å². The van der Waals surface area contributed by atoms with Crippen LogP contribution in [0.5, 0.6) is 0 Å². The first kappa shape index (κ1) is 12.5. The van der Waals surface area contributed by atoms with Crippen LogP contribution in [0.15, 0.2) is 0 Å². The molecule has 3 N–H and O–H groups in total. The Morgan fingerprint density at radius 3 is 2.60 bits per heavy atom. The summed E-state index contributed by atoms with van der Waals surface area (Å²) in [6, 6.07) is 1.45. The lowest BCUT2D eigenvalue weighted by atomic mass is 9.90. The molecule has 2 fully saturated rings. The van der Waals surface area contributed by atoms with E-state index in [9.17, 15) is 0 Å². The van der Waals surface area contributed by atoms with Crippen LogP contribution in [-0.2, 0) is 12.8 Å². The van der Waals surface area contributed by atoms with Gasteiger partial charge < -0.3 is 10.3 Å². The summed E-state index contributed by atoms with van der Waals surface area (Å²) < 4.78 is 0. The third-order valence-electron chi connectivity index (χ3n) is 5.55. The van der Waals surface area contributed by atoms with Crippen molar-refractivity contribution < 1.29 is 0 Å². The minimum absolute atomic E-state index is 0.515. The maximum absolute atomic E-state index is 5.66. The van der Waals surface area contributed by atoms with Crippen molar-refractivity contribution >= 4 is 5.82 Å². The smallest absolute Gasteiger partial charge is 0.147 e. The van der Waals surface area contributed by atoms with Crippen molar-refractivity contribution in [3.8, 4) is 0 Å². The first-order valence-electron chi connectivity index (χ1n) is 7.84. The minimum atomic E-state index is 0.515. The lowest BCUT2D eigenvalue weighted by Crippen LogP contribution is -2.39. The molecule has 0 spiro atoms. The summed E-state index contributed by atoms with van der Waals surface area (Å²) in [5, 5.41) is 0. The summed E-state index contributed by atoms with van der Waals surface area (Å²) in [4.78, 5) is 12.2. The Morgan fingerprint density at radius 1 is 1.15 bits per heavy atom. The Labute approximate surface area is 119 Å². The molecule has 1 aliphatic carbocycles. The number of rotatable bonds is 2. The molecule has 20 heavy (non-hydrogen) atoms. The highest BCUT2D eigenvalue weighted by Gasteiger charge is 2.40. The molecule has 0 saturated carbocycles. The highest BCUT2D eigenvalue weighted by molar-refractivity contribution is 5.48. The van der Waals surface area contributed by atoms with Crippen LogP contribution in [0.2, 0.25) is 0 Å². The zero-order valence-corrected chi connectivity index (χ0v) is 12.1. The van der Waals surface area contributed by atoms with E-state index in [2.05, 4.69) is 17.4 Å². The molecule has 0 aromatic carbocycles. The van der Waals surface area contributed by atoms with Crippen LogP contribution in [0.25, 0.3) is 0 Å². The Hall–Kier alpha value is -1.20. The number of hydrogen-bond acceptors (Lipinski definition) is 5. The van der Waals surface area contributed by atoms with Gasteiger partial charge in [0.25, 0.3) is 0 Å². The summed E-state index contributed by atoms with van der Waals surface area (Å²) in [7, 11) is 2.27. The standard InChI is InChI=1S/C15H23N5/c1-20-10-5-6-11(20)8-9(7-10)14-17-13-4-2-3-12(13)15(18-14)19-16/h9-11H,2-8,16H2,1H3,(H,17,18,19). The second kappa shape index (κ2) is 4.67. The van der Waals surface area contributed by atoms with Crippen LogP contribution in [0.3, 0.4) is 0 Å². The van der Waals surface area contributed by atoms with Crippen molar-refractivity contribution in [2.24, 2.45) is 5.84 Å². The number of nitrogens with one attached hydrogen (secondary N) is 1. The zero-order valence-electron chi connectivity index (χ0n) is 12.1. The number of hydrazine groups is 1. The number of nitrogens with two attached hydrogens (primary N) is 1. The van der Waals surface area contributed by atoms with Gasteiger partial charge in [-0.05, 0) is 52.0 Å². The average molecular weight is 273 g/mol.